The summed E-state index contributed by atoms with van der Waals surface area (Å²) >= 11 is 0. The molecule has 0 radical (unpaired) electrons. The molecule has 27 heavy (non-hydrogen) atoms. The van der Waals surface area contributed by atoms with E-state index in [1.807, 2.05) is 79.5 Å². The third kappa shape index (κ3) is 8.76. The van der Waals surface area contributed by atoms with E-state index in [9.17, 15) is 4.79 Å². The van der Waals surface area contributed by atoms with Gasteiger partial charge in [-0.2, -0.15) is 0 Å². The Morgan fingerprint density at radius 1 is 1.07 bits per heavy atom. The molecule has 2 rings (SSSR count). The van der Waals surface area contributed by atoms with E-state index < -0.39 is 0 Å². The smallest absolute Gasteiger partial charge is 0.246 e. The Morgan fingerprint density at radius 2 is 1.70 bits per heavy atom. The molecule has 0 spiro atoms. The zero-order chi connectivity index (χ0) is 18.6. The lowest BCUT2D eigenvalue weighted by molar-refractivity contribution is -0.114. The van der Waals surface area contributed by atoms with Gasteiger partial charge in [0, 0.05) is 19.3 Å². The van der Waals surface area contributed by atoms with Gasteiger partial charge in [0.2, 0.25) is 5.91 Å². The summed E-state index contributed by atoms with van der Waals surface area (Å²) < 4.78 is 5.71. The zero-order valence-electron chi connectivity index (χ0n) is 15.7. The van der Waals surface area contributed by atoms with Crippen molar-refractivity contribution in [2.24, 2.45) is 4.99 Å². The highest BCUT2D eigenvalue weighted by molar-refractivity contribution is 14.0. The highest BCUT2D eigenvalue weighted by atomic mass is 127. The van der Waals surface area contributed by atoms with E-state index in [2.05, 4.69) is 15.6 Å². The summed E-state index contributed by atoms with van der Waals surface area (Å²) in [5.74, 6) is 1.36. The van der Waals surface area contributed by atoms with E-state index in [1.54, 1.807) is 0 Å². The van der Waals surface area contributed by atoms with Crippen LogP contribution >= 0.6 is 24.0 Å². The van der Waals surface area contributed by atoms with Gasteiger partial charge in [0.1, 0.15) is 18.9 Å². The van der Waals surface area contributed by atoms with Crippen LogP contribution in [0.15, 0.2) is 65.7 Å². The average molecular weight is 482 g/mol. The highest BCUT2D eigenvalue weighted by Gasteiger charge is 2.08. The molecule has 0 aliphatic heterocycles. The molecule has 1 amide bonds. The largest absolute Gasteiger partial charge is 0.492 e. The van der Waals surface area contributed by atoms with Crippen LogP contribution in [0.2, 0.25) is 0 Å². The fourth-order valence-electron chi connectivity index (χ4n) is 2.26. The number of carbonyl (C=O) groups excluding carboxylic acids is 1. The topological polar surface area (TPSA) is 66.0 Å². The van der Waals surface area contributed by atoms with E-state index in [1.165, 1.54) is 0 Å². The minimum absolute atomic E-state index is 0. The molecule has 2 N–H and O–H groups in total. The second-order valence-electron chi connectivity index (χ2n) is 5.67. The maximum atomic E-state index is 12.1. The Hall–Kier alpha value is -2.29. The summed E-state index contributed by atoms with van der Waals surface area (Å²) in [6.07, 6.45) is 0. The van der Waals surface area contributed by atoms with Crippen LogP contribution in [0, 0.1) is 0 Å². The molecular formula is C20H27IN4O2. The van der Waals surface area contributed by atoms with Crippen molar-refractivity contribution >= 4 is 41.5 Å². The maximum absolute atomic E-state index is 12.1. The van der Waals surface area contributed by atoms with Crippen LogP contribution in [0.25, 0.3) is 0 Å². The Bertz CT molecular complexity index is 696. The number of halogens is 1. The third-order valence-electron chi connectivity index (χ3n) is 3.57. The van der Waals surface area contributed by atoms with Crippen LogP contribution < -0.4 is 15.4 Å². The number of anilines is 1. The first kappa shape index (κ1) is 22.8. The van der Waals surface area contributed by atoms with Crippen LogP contribution in [0.5, 0.6) is 5.75 Å². The van der Waals surface area contributed by atoms with Gasteiger partial charge in [0.25, 0.3) is 0 Å². The number of guanidine groups is 1. The number of amides is 1. The first-order valence-corrected chi connectivity index (χ1v) is 8.71. The molecule has 0 bridgehead atoms. The first-order chi connectivity index (χ1) is 12.7. The molecule has 0 heterocycles. The highest BCUT2D eigenvalue weighted by Crippen LogP contribution is 2.08. The Morgan fingerprint density at radius 3 is 2.33 bits per heavy atom. The fraction of sp³-hybridized carbons (Fsp3) is 0.300. The number of hydrogen-bond acceptors (Lipinski definition) is 3. The number of benzene rings is 2. The summed E-state index contributed by atoms with van der Waals surface area (Å²) in [7, 11) is 1.92. The number of carbonyl (C=O) groups is 1. The van der Waals surface area contributed by atoms with Gasteiger partial charge >= 0.3 is 0 Å². The van der Waals surface area contributed by atoms with Crippen LogP contribution in [0.4, 0.5) is 5.69 Å². The van der Waals surface area contributed by atoms with Gasteiger partial charge in [-0.3, -0.25) is 4.79 Å². The van der Waals surface area contributed by atoms with E-state index in [0.29, 0.717) is 19.1 Å². The van der Waals surface area contributed by atoms with Crippen molar-refractivity contribution in [2.45, 2.75) is 6.92 Å². The molecule has 6 nitrogen and oxygen atoms in total. The molecule has 0 fully saturated rings. The fourth-order valence-corrected chi connectivity index (χ4v) is 2.26. The van der Waals surface area contributed by atoms with Crippen LogP contribution in [0.3, 0.4) is 0 Å². The second-order valence-corrected chi connectivity index (χ2v) is 5.67. The lowest BCUT2D eigenvalue weighted by Crippen LogP contribution is -2.41. The number of para-hydroxylation sites is 2. The van der Waals surface area contributed by atoms with Gasteiger partial charge in [0.05, 0.1) is 6.54 Å². The maximum Gasteiger partial charge on any atom is 0.246 e. The average Bonchev–Trinajstić information content (AvgIpc) is 2.66. The molecular weight excluding hydrogens is 455 g/mol. The Kier molecular flexibility index (Phi) is 10.9. The number of aliphatic imine (C=N–C) groups is 1. The zero-order valence-corrected chi connectivity index (χ0v) is 18.1. The SMILES string of the molecule is CCNC(=NCC(=O)Nc1ccccc1)N(C)CCOc1ccccc1.I. The molecule has 2 aromatic carbocycles. The number of likely N-dealkylation sites (N-methyl/N-ethyl adjacent to an activating group) is 1. The van der Waals surface area contributed by atoms with E-state index >= 15 is 0 Å². The second kappa shape index (κ2) is 13.0. The van der Waals surface area contributed by atoms with Crippen molar-refractivity contribution in [3.63, 3.8) is 0 Å². The molecule has 7 heteroatoms. The minimum atomic E-state index is -0.152. The minimum Gasteiger partial charge on any atom is -0.492 e. The van der Waals surface area contributed by atoms with E-state index in [-0.39, 0.29) is 36.4 Å². The van der Waals surface area contributed by atoms with Gasteiger partial charge in [-0.05, 0) is 31.2 Å². The number of nitrogens with zero attached hydrogens (tertiary/aromatic N) is 2. The quantitative estimate of drug-likeness (QED) is 0.345. The van der Waals surface area contributed by atoms with Crippen molar-refractivity contribution < 1.29 is 9.53 Å². The van der Waals surface area contributed by atoms with Crippen LogP contribution in [-0.2, 0) is 4.79 Å². The van der Waals surface area contributed by atoms with Crippen molar-refractivity contribution in [3.05, 3.63) is 60.7 Å². The normalized spacial score (nSPS) is 10.5. The number of ether oxygens (including phenoxy) is 1. The third-order valence-corrected chi connectivity index (χ3v) is 3.57. The van der Waals surface area contributed by atoms with Gasteiger partial charge in [-0.1, -0.05) is 36.4 Å². The lowest BCUT2D eigenvalue weighted by atomic mass is 10.3. The molecule has 0 unspecified atom stereocenters. The predicted molar refractivity (Wildman–Crippen MR) is 121 cm³/mol. The summed E-state index contributed by atoms with van der Waals surface area (Å²) in [4.78, 5) is 18.4. The van der Waals surface area contributed by atoms with Crippen LogP contribution in [0.1, 0.15) is 6.92 Å². The van der Waals surface area contributed by atoms with Crippen molar-refractivity contribution in [3.8, 4) is 5.75 Å². The van der Waals surface area contributed by atoms with Gasteiger partial charge in [0.15, 0.2) is 5.96 Å². The van der Waals surface area contributed by atoms with Crippen LogP contribution in [-0.4, -0.2) is 50.1 Å². The molecule has 0 aromatic heterocycles. The first-order valence-electron chi connectivity index (χ1n) is 8.71. The lowest BCUT2D eigenvalue weighted by Gasteiger charge is -2.22. The van der Waals surface area contributed by atoms with Gasteiger partial charge < -0.3 is 20.3 Å². The Balaban J connectivity index is 0.00000364. The molecule has 0 saturated heterocycles. The number of nitrogens with one attached hydrogen (secondary N) is 2. The molecule has 0 aliphatic carbocycles. The van der Waals surface area contributed by atoms with Gasteiger partial charge in [-0.15, -0.1) is 24.0 Å². The number of rotatable bonds is 8. The monoisotopic (exact) mass is 482 g/mol. The van der Waals surface area contributed by atoms with Crippen molar-refractivity contribution in [2.75, 3.05) is 38.6 Å². The van der Waals surface area contributed by atoms with E-state index in [0.717, 1.165) is 18.0 Å². The van der Waals surface area contributed by atoms with E-state index in [4.69, 9.17) is 4.74 Å². The molecule has 0 aliphatic rings. The standard InChI is InChI=1S/C20H26N4O2.HI/c1-3-21-20(22-16-19(25)23-17-10-6-4-7-11-17)24(2)14-15-26-18-12-8-5-9-13-18;/h4-13H,3,14-16H2,1-2H3,(H,21,22)(H,23,25);1H. The summed E-state index contributed by atoms with van der Waals surface area (Å²) in [6, 6.07) is 19.0. The Labute approximate surface area is 178 Å². The number of hydrogen-bond donors (Lipinski definition) is 2. The summed E-state index contributed by atoms with van der Waals surface area (Å²) in [6.45, 7) is 3.96. The molecule has 2 aromatic rings. The summed E-state index contributed by atoms with van der Waals surface area (Å²) in [5.41, 5.74) is 0.766. The molecule has 0 saturated carbocycles. The molecule has 0 atom stereocenters. The van der Waals surface area contributed by atoms with Crippen molar-refractivity contribution in [1.82, 2.24) is 10.2 Å². The predicted octanol–water partition coefficient (Wildman–Crippen LogP) is 3.22. The van der Waals surface area contributed by atoms with Crippen molar-refractivity contribution in [1.29, 1.82) is 0 Å². The molecule has 146 valence electrons. The van der Waals surface area contributed by atoms with Gasteiger partial charge in [-0.25, -0.2) is 4.99 Å². The summed E-state index contributed by atoms with van der Waals surface area (Å²) in [5, 5.41) is 6.02.